The molecule has 1 unspecified atom stereocenters. The molecule has 0 aliphatic heterocycles. The van der Waals surface area contributed by atoms with Gasteiger partial charge in [-0.3, -0.25) is 4.79 Å². The van der Waals surface area contributed by atoms with Crippen molar-refractivity contribution in [1.82, 2.24) is 10.3 Å². The van der Waals surface area contributed by atoms with E-state index in [1.165, 1.54) is 11.3 Å². The molecule has 0 bridgehead atoms. The predicted molar refractivity (Wildman–Crippen MR) is 87.7 cm³/mol. The quantitative estimate of drug-likeness (QED) is 0.902. The molecule has 0 radical (unpaired) electrons. The van der Waals surface area contributed by atoms with Crippen LogP contribution in [0.2, 0.25) is 0 Å². The Balaban J connectivity index is 2.08. The van der Waals surface area contributed by atoms with E-state index in [1.807, 2.05) is 44.2 Å². The molecule has 112 valence electrons. The largest absolute Gasteiger partial charge is 0.345 e. The number of carbonyl (C=O) groups is 1. The molecule has 1 atom stereocenters. The van der Waals surface area contributed by atoms with Crippen LogP contribution in [0, 0.1) is 12.8 Å². The first kappa shape index (κ1) is 15.7. The molecule has 1 aromatic heterocycles. The Hall–Kier alpha value is -1.68. The Morgan fingerprint density at radius 3 is 2.52 bits per heavy atom. The maximum Gasteiger partial charge on any atom is 0.263 e. The molecule has 0 aliphatic rings. The Bertz CT molecular complexity index is 605. The van der Waals surface area contributed by atoms with Crippen molar-refractivity contribution in [3.8, 4) is 0 Å². The molecule has 0 saturated carbocycles. The van der Waals surface area contributed by atoms with Crippen molar-refractivity contribution in [3.05, 3.63) is 51.5 Å². The second-order valence-corrected chi connectivity index (χ2v) is 6.81. The van der Waals surface area contributed by atoms with Crippen molar-refractivity contribution in [3.63, 3.8) is 0 Å². The lowest BCUT2D eigenvalue weighted by atomic mass is 10.1. The van der Waals surface area contributed by atoms with Gasteiger partial charge in [-0.1, -0.05) is 44.2 Å². The van der Waals surface area contributed by atoms with Crippen molar-refractivity contribution in [2.24, 2.45) is 5.92 Å². The van der Waals surface area contributed by atoms with E-state index in [0.29, 0.717) is 5.92 Å². The number of hydrogen-bond donors (Lipinski definition) is 1. The van der Waals surface area contributed by atoms with E-state index in [-0.39, 0.29) is 11.9 Å². The summed E-state index contributed by atoms with van der Waals surface area (Å²) in [7, 11) is 0. The smallest absolute Gasteiger partial charge is 0.263 e. The Morgan fingerprint density at radius 2 is 1.90 bits per heavy atom. The zero-order valence-electron chi connectivity index (χ0n) is 13.0. The summed E-state index contributed by atoms with van der Waals surface area (Å²) in [5, 5.41) is 4.09. The summed E-state index contributed by atoms with van der Waals surface area (Å²) in [5.41, 5.74) is 1.93. The lowest BCUT2D eigenvalue weighted by Crippen LogP contribution is -2.26. The molecule has 3 nitrogen and oxygen atoms in total. The Morgan fingerprint density at radius 1 is 1.24 bits per heavy atom. The van der Waals surface area contributed by atoms with E-state index in [1.54, 1.807) is 0 Å². The van der Waals surface area contributed by atoms with Gasteiger partial charge in [-0.2, -0.15) is 0 Å². The van der Waals surface area contributed by atoms with Gasteiger partial charge in [0.25, 0.3) is 5.91 Å². The van der Waals surface area contributed by atoms with Crippen molar-refractivity contribution in [2.75, 3.05) is 0 Å². The van der Waals surface area contributed by atoms with E-state index in [0.717, 1.165) is 27.6 Å². The molecule has 0 spiro atoms. The minimum absolute atomic E-state index is 0.00579. The van der Waals surface area contributed by atoms with Crippen LogP contribution in [-0.4, -0.2) is 10.9 Å². The van der Waals surface area contributed by atoms with Gasteiger partial charge in [0.05, 0.1) is 16.7 Å². The molecule has 21 heavy (non-hydrogen) atoms. The first-order valence-electron chi connectivity index (χ1n) is 7.29. The second kappa shape index (κ2) is 6.85. The summed E-state index contributed by atoms with van der Waals surface area (Å²) < 4.78 is 0. The van der Waals surface area contributed by atoms with Gasteiger partial charge in [-0.15, -0.1) is 11.3 Å². The number of aryl methyl sites for hydroxylation is 1. The topological polar surface area (TPSA) is 42.0 Å². The minimum atomic E-state index is -0.0311. The van der Waals surface area contributed by atoms with Crippen molar-refractivity contribution in [1.29, 1.82) is 0 Å². The number of nitrogens with one attached hydrogen (secondary N) is 1. The normalized spacial score (nSPS) is 12.4. The fourth-order valence-electron chi connectivity index (χ4n) is 2.19. The first-order valence-corrected chi connectivity index (χ1v) is 8.11. The Labute approximate surface area is 130 Å². The molecular formula is C17H22N2OS. The average molecular weight is 302 g/mol. The van der Waals surface area contributed by atoms with Gasteiger partial charge in [0, 0.05) is 6.42 Å². The number of rotatable bonds is 5. The van der Waals surface area contributed by atoms with Crippen LogP contribution >= 0.6 is 11.3 Å². The van der Waals surface area contributed by atoms with Gasteiger partial charge in [0.1, 0.15) is 4.88 Å². The summed E-state index contributed by atoms with van der Waals surface area (Å²) in [6.07, 6.45) is 0.924. The highest BCUT2D eigenvalue weighted by molar-refractivity contribution is 7.13. The average Bonchev–Trinajstić information content (AvgIpc) is 2.79. The number of aromatic nitrogens is 1. The number of thiazole rings is 1. The third kappa shape index (κ3) is 4.14. The molecule has 0 saturated heterocycles. The van der Waals surface area contributed by atoms with Gasteiger partial charge in [-0.05, 0) is 25.3 Å². The SMILES string of the molecule is Cc1nc(CC(C)C)sc1C(=O)NC(C)c1ccccc1. The fraction of sp³-hybridized carbons (Fsp3) is 0.412. The van der Waals surface area contributed by atoms with E-state index in [2.05, 4.69) is 24.1 Å². The number of carbonyl (C=O) groups excluding carboxylic acids is 1. The molecule has 0 aliphatic carbocycles. The van der Waals surface area contributed by atoms with Crippen LogP contribution in [0.5, 0.6) is 0 Å². The van der Waals surface area contributed by atoms with Crippen LogP contribution in [0.15, 0.2) is 30.3 Å². The van der Waals surface area contributed by atoms with Crippen LogP contribution < -0.4 is 5.32 Å². The third-order valence-corrected chi connectivity index (χ3v) is 4.46. The summed E-state index contributed by atoms with van der Waals surface area (Å²) in [5.74, 6) is 0.520. The minimum Gasteiger partial charge on any atom is -0.345 e. The van der Waals surface area contributed by atoms with Crippen LogP contribution in [0.1, 0.15) is 52.7 Å². The van der Waals surface area contributed by atoms with Crippen LogP contribution in [-0.2, 0) is 6.42 Å². The predicted octanol–water partition coefficient (Wildman–Crippen LogP) is 4.14. The number of hydrogen-bond acceptors (Lipinski definition) is 3. The summed E-state index contributed by atoms with van der Waals surface area (Å²) >= 11 is 1.51. The lowest BCUT2D eigenvalue weighted by molar-refractivity contribution is 0.0943. The van der Waals surface area contributed by atoms with Crippen LogP contribution in [0.4, 0.5) is 0 Å². The van der Waals surface area contributed by atoms with Crippen molar-refractivity contribution < 1.29 is 4.79 Å². The van der Waals surface area contributed by atoms with Crippen LogP contribution in [0.25, 0.3) is 0 Å². The number of benzene rings is 1. The number of nitrogens with zero attached hydrogens (tertiary/aromatic N) is 1. The van der Waals surface area contributed by atoms with Gasteiger partial charge in [-0.25, -0.2) is 4.98 Å². The van der Waals surface area contributed by atoms with Crippen molar-refractivity contribution >= 4 is 17.2 Å². The van der Waals surface area contributed by atoms with Gasteiger partial charge in [0.2, 0.25) is 0 Å². The standard InChI is InChI=1S/C17H22N2OS/c1-11(2)10-15-18-13(4)16(21-15)17(20)19-12(3)14-8-6-5-7-9-14/h5-9,11-12H,10H2,1-4H3,(H,19,20). The molecule has 1 aromatic carbocycles. The first-order chi connectivity index (χ1) is 9.97. The molecule has 0 fully saturated rings. The highest BCUT2D eigenvalue weighted by atomic mass is 32.1. The molecular weight excluding hydrogens is 280 g/mol. The van der Waals surface area contributed by atoms with E-state index in [4.69, 9.17) is 0 Å². The molecule has 2 aromatic rings. The highest BCUT2D eigenvalue weighted by Crippen LogP contribution is 2.22. The van der Waals surface area contributed by atoms with E-state index < -0.39 is 0 Å². The molecule has 1 amide bonds. The molecule has 1 N–H and O–H groups in total. The van der Waals surface area contributed by atoms with Crippen LogP contribution in [0.3, 0.4) is 0 Å². The zero-order valence-corrected chi connectivity index (χ0v) is 13.8. The van der Waals surface area contributed by atoms with E-state index in [9.17, 15) is 4.79 Å². The Kier molecular flexibility index (Phi) is 5.12. The summed E-state index contributed by atoms with van der Waals surface area (Å²) in [6.45, 7) is 8.23. The zero-order chi connectivity index (χ0) is 15.4. The molecule has 1 heterocycles. The van der Waals surface area contributed by atoms with Gasteiger partial charge < -0.3 is 5.32 Å². The summed E-state index contributed by atoms with van der Waals surface area (Å²) in [6, 6.07) is 9.98. The maximum atomic E-state index is 12.4. The van der Waals surface area contributed by atoms with Crippen molar-refractivity contribution in [2.45, 2.75) is 40.2 Å². The monoisotopic (exact) mass is 302 g/mol. The van der Waals surface area contributed by atoms with E-state index >= 15 is 0 Å². The highest BCUT2D eigenvalue weighted by Gasteiger charge is 2.18. The molecule has 4 heteroatoms. The second-order valence-electron chi connectivity index (χ2n) is 5.73. The fourth-order valence-corrected chi connectivity index (χ4v) is 3.37. The summed E-state index contributed by atoms with van der Waals surface area (Å²) in [4.78, 5) is 17.6. The maximum absolute atomic E-state index is 12.4. The molecule has 2 rings (SSSR count). The lowest BCUT2D eigenvalue weighted by Gasteiger charge is -2.13. The van der Waals surface area contributed by atoms with Gasteiger partial charge >= 0.3 is 0 Å². The van der Waals surface area contributed by atoms with Gasteiger partial charge in [0.15, 0.2) is 0 Å². The number of amides is 1. The third-order valence-electron chi connectivity index (χ3n) is 3.28.